The zero-order valence-electron chi connectivity index (χ0n) is 11.3. The number of urea groups is 1. The second kappa shape index (κ2) is 5.77. The Morgan fingerprint density at radius 1 is 1.26 bits per heavy atom. The van der Waals surface area contributed by atoms with Gasteiger partial charge in [-0.1, -0.05) is 6.92 Å². The summed E-state index contributed by atoms with van der Waals surface area (Å²) in [5, 5.41) is 18.8. The molecule has 2 aliphatic heterocycles. The van der Waals surface area contributed by atoms with Crippen molar-refractivity contribution >= 4 is 12.0 Å². The van der Waals surface area contributed by atoms with Crippen LogP contribution < -0.4 is 0 Å². The van der Waals surface area contributed by atoms with Gasteiger partial charge in [-0.25, -0.2) is 9.59 Å². The molecule has 6 heteroatoms. The Labute approximate surface area is 113 Å². The summed E-state index contributed by atoms with van der Waals surface area (Å²) in [6.07, 6.45) is 3.36. The molecule has 2 fully saturated rings. The summed E-state index contributed by atoms with van der Waals surface area (Å²) in [6, 6.07) is -0.911. The molecule has 0 aromatic heterocycles. The number of carboxylic acid groups (broad SMARTS) is 1. The van der Waals surface area contributed by atoms with E-state index in [4.69, 9.17) is 5.11 Å². The number of aliphatic hydroxyl groups is 1. The van der Waals surface area contributed by atoms with Crippen LogP contribution in [0.4, 0.5) is 4.79 Å². The lowest BCUT2D eigenvalue weighted by Crippen LogP contribution is -2.53. The zero-order chi connectivity index (χ0) is 14.0. The molecule has 3 atom stereocenters. The Hall–Kier alpha value is -1.30. The zero-order valence-corrected chi connectivity index (χ0v) is 11.3. The third-order valence-electron chi connectivity index (χ3n) is 4.15. The first-order chi connectivity index (χ1) is 9.04. The molecular formula is C13H22N2O4. The summed E-state index contributed by atoms with van der Waals surface area (Å²) in [5.41, 5.74) is 0. The lowest BCUT2D eigenvalue weighted by atomic mass is 10.0. The summed E-state index contributed by atoms with van der Waals surface area (Å²) in [7, 11) is 0. The third kappa shape index (κ3) is 2.83. The Balaban J connectivity index is 2.11. The van der Waals surface area contributed by atoms with E-state index in [1.807, 2.05) is 6.92 Å². The topological polar surface area (TPSA) is 81.1 Å². The largest absolute Gasteiger partial charge is 0.480 e. The van der Waals surface area contributed by atoms with E-state index in [9.17, 15) is 14.7 Å². The Kier molecular flexibility index (Phi) is 4.29. The molecule has 0 bridgehead atoms. The van der Waals surface area contributed by atoms with E-state index in [0.717, 1.165) is 25.7 Å². The van der Waals surface area contributed by atoms with Crippen LogP contribution in [0, 0.1) is 0 Å². The fourth-order valence-corrected chi connectivity index (χ4v) is 3.10. The number of hydrogen-bond acceptors (Lipinski definition) is 3. The number of carbonyl (C=O) groups excluding carboxylic acids is 1. The number of carbonyl (C=O) groups is 2. The second-order valence-corrected chi connectivity index (χ2v) is 5.43. The van der Waals surface area contributed by atoms with Gasteiger partial charge in [0.05, 0.1) is 6.10 Å². The predicted octanol–water partition coefficient (Wildman–Crippen LogP) is 0.891. The van der Waals surface area contributed by atoms with Gasteiger partial charge in [0, 0.05) is 25.6 Å². The number of piperidine rings is 1. The monoisotopic (exact) mass is 270 g/mol. The van der Waals surface area contributed by atoms with E-state index < -0.39 is 18.1 Å². The summed E-state index contributed by atoms with van der Waals surface area (Å²) in [5.74, 6) is -1.03. The van der Waals surface area contributed by atoms with Crippen molar-refractivity contribution in [1.29, 1.82) is 0 Å². The van der Waals surface area contributed by atoms with Crippen LogP contribution in [0.25, 0.3) is 0 Å². The molecular weight excluding hydrogens is 248 g/mol. The molecule has 0 spiro atoms. The number of aliphatic carboxylic acids is 1. The van der Waals surface area contributed by atoms with Gasteiger partial charge in [0.15, 0.2) is 0 Å². The summed E-state index contributed by atoms with van der Waals surface area (Å²) in [6.45, 7) is 2.86. The molecule has 1 unspecified atom stereocenters. The standard InChI is InChI=1S/C13H22N2O4/c1-2-9-5-3-4-6-14(9)13(19)15-8-10(16)7-11(15)12(17)18/h9-11,16H,2-8H2,1H3,(H,17,18)/t9?,10-,11-/m0/s1. The molecule has 0 aromatic carbocycles. The highest BCUT2D eigenvalue weighted by Gasteiger charge is 2.41. The molecule has 0 saturated carbocycles. The molecule has 2 rings (SSSR count). The minimum Gasteiger partial charge on any atom is -0.480 e. The number of β-amino-alcohol motifs (C(OH)–C–C–N with tert-alkyl or cyclic N) is 1. The van der Waals surface area contributed by atoms with Crippen molar-refractivity contribution in [2.24, 2.45) is 0 Å². The number of nitrogens with zero attached hydrogens (tertiary/aromatic N) is 2. The van der Waals surface area contributed by atoms with Crippen molar-refractivity contribution < 1.29 is 19.8 Å². The molecule has 2 amide bonds. The summed E-state index contributed by atoms with van der Waals surface area (Å²) < 4.78 is 0. The van der Waals surface area contributed by atoms with E-state index in [-0.39, 0.29) is 25.0 Å². The highest BCUT2D eigenvalue weighted by molar-refractivity contribution is 5.83. The van der Waals surface area contributed by atoms with Crippen LogP contribution in [-0.2, 0) is 4.79 Å². The van der Waals surface area contributed by atoms with Crippen LogP contribution in [0.5, 0.6) is 0 Å². The first-order valence-corrected chi connectivity index (χ1v) is 7.02. The molecule has 0 aliphatic carbocycles. The molecule has 0 radical (unpaired) electrons. The van der Waals surface area contributed by atoms with Gasteiger partial charge >= 0.3 is 12.0 Å². The summed E-state index contributed by atoms with van der Waals surface area (Å²) >= 11 is 0. The molecule has 108 valence electrons. The Bertz CT molecular complexity index is 361. The third-order valence-corrected chi connectivity index (χ3v) is 4.15. The van der Waals surface area contributed by atoms with Crippen molar-refractivity contribution in [3.63, 3.8) is 0 Å². The van der Waals surface area contributed by atoms with Crippen molar-refractivity contribution in [2.45, 2.75) is 57.2 Å². The predicted molar refractivity (Wildman–Crippen MR) is 68.8 cm³/mol. The second-order valence-electron chi connectivity index (χ2n) is 5.43. The van der Waals surface area contributed by atoms with Crippen LogP contribution in [-0.4, -0.2) is 63.3 Å². The Morgan fingerprint density at radius 3 is 2.63 bits per heavy atom. The van der Waals surface area contributed by atoms with Gasteiger partial charge < -0.3 is 20.0 Å². The van der Waals surface area contributed by atoms with E-state index in [0.29, 0.717) is 6.54 Å². The number of likely N-dealkylation sites (tertiary alicyclic amines) is 2. The maximum atomic E-state index is 12.5. The van der Waals surface area contributed by atoms with Gasteiger partial charge in [0.1, 0.15) is 6.04 Å². The van der Waals surface area contributed by atoms with Crippen molar-refractivity contribution in [2.75, 3.05) is 13.1 Å². The highest BCUT2D eigenvalue weighted by Crippen LogP contribution is 2.25. The quantitative estimate of drug-likeness (QED) is 0.781. The van der Waals surface area contributed by atoms with Crippen molar-refractivity contribution in [3.05, 3.63) is 0 Å². The molecule has 0 aromatic rings. The van der Waals surface area contributed by atoms with Crippen LogP contribution >= 0.6 is 0 Å². The van der Waals surface area contributed by atoms with Gasteiger partial charge in [0.2, 0.25) is 0 Å². The van der Waals surface area contributed by atoms with Gasteiger partial charge in [-0.05, 0) is 25.7 Å². The van der Waals surface area contributed by atoms with Gasteiger partial charge in [-0.2, -0.15) is 0 Å². The fourth-order valence-electron chi connectivity index (χ4n) is 3.10. The minimum absolute atomic E-state index is 0.128. The smallest absolute Gasteiger partial charge is 0.326 e. The fraction of sp³-hybridized carbons (Fsp3) is 0.846. The van der Waals surface area contributed by atoms with E-state index in [2.05, 4.69) is 0 Å². The SMILES string of the molecule is CCC1CCCCN1C(=O)N1C[C@@H](O)C[C@H]1C(=O)O. The van der Waals surface area contributed by atoms with Crippen molar-refractivity contribution in [3.8, 4) is 0 Å². The number of aliphatic hydroxyl groups excluding tert-OH is 1. The van der Waals surface area contributed by atoms with Gasteiger partial charge in [0.25, 0.3) is 0 Å². The molecule has 19 heavy (non-hydrogen) atoms. The minimum atomic E-state index is -1.03. The maximum Gasteiger partial charge on any atom is 0.326 e. The lowest BCUT2D eigenvalue weighted by molar-refractivity contribution is -0.141. The van der Waals surface area contributed by atoms with Crippen LogP contribution in [0.15, 0.2) is 0 Å². The molecule has 6 nitrogen and oxygen atoms in total. The van der Waals surface area contributed by atoms with Crippen molar-refractivity contribution in [1.82, 2.24) is 9.80 Å². The molecule has 2 saturated heterocycles. The molecule has 2 heterocycles. The van der Waals surface area contributed by atoms with Crippen LogP contribution in [0.2, 0.25) is 0 Å². The first-order valence-electron chi connectivity index (χ1n) is 7.02. The molecule has 2 aliphatic rings. The average Bonchev–Trinajstić information content (AvgIpc) is 2.80. The number of carboxylic acids is 1. The Morgan fingerprint density at radius 2 is 2.00 bits per heavy atom. The lowest BCUT2D eigenvalue weighted by Gasteiger charge is -2.38. The van der Waals surface area contributed by atoms with Crippen LogP contribution in [0.1, 0.15) is 39.0 Å². The highest BCUT2D eigenvalue weighted by atomic mass is 16.4. The normalized spacial score (nSPS) is 31.6. The maximum absolute atomic E-state index is 12.5. The summed E-state index contributed by atoms with van der Waals surface area (Å²) in [4.78, 5) is 26.8. The molecule has 2 N–H and O–H groups in total. The van der Waals surface area contributed by atoms with E-state index in [1.165, 1.54) is 4.90 Å². The van der Waals surface area contributed by atoms with E-state index in [1.54, 1.807) is 4.90 Å². The van der Waals surface area contributed by atoms with Gasteiger partial charge in [-0.3, -0.25) is 0 Å². The van der Waals surface area contributed by atoms with Crippen LogP contribution in [0.3, 0.4) is 0 Å². The van der Waals surface area contributed by atoms with E-state index >= 15 is 0 Å². The number of rotatable bonds is 2. The first kappa shape index (κ1) is 14.1. The van der Waals surface area contributed by atoms with Gasteiger partial charge in [-0.15, -0.1) is 0 Å². The number of hydrogen-bond donors (Lipinski definition) is 2. The number of amides is 2. The average molecular weight is 270 g/mol.